The zero-order valence-electron chi connectivity index (χ0n) is 10.1. The number of hydrogen-bond acceptors (Lipinski definition) is 4. The van der Waals surface area contributed by atoms with Crippen molar-refractivity contribution in [3.8, 4) is 0 Å². The van der Waals surface area contributed by atoms with Crippen molar-refractivity contribution in [1.29, 1.82) is 0 Å². The number of carbonyl (C=O) groups is 2. The van der Waals surface area contributed by atoms with Crippen LogP contribution in [0.2, 0.25) is 0 Å². The molecule has 6 heteroatoms. The van der Waals surface area contributed by atoms with E-state index in [1.54, 1.807) is 6.92 Å². The Morgan fingerprint density at radius 3 is 2.88 bits per heavy atom. The Kier molecular flexibility index (Phi) is 5.93. The molecule has 0 spiro atoms. The first-order valence-corrected chi connectivity index (χ1v) is 5.95. The smallest absolute Gasteiger partial charge is 0.306 e. The van der Waals surface area contributed by atoms with Gasteiger partial charge in [-0.3, -0.25) is 9.59 Å². The number of hydrogen-bond donors (Lipinski definition) is 3. The Morgan fingerprint density at radius 2 is 2.35 bits per heavy atom. The molecule has 0 radical (unpaired) electrons. The highest BCUT2D eigenvalue weighted by molar-refractivity contribution is 5.79. The summed E-state index contributed by atoms with van der Waals surface area (Å²) in [5.41, 5.74) is 0. The molecular weight excluding hydrogens is 224 g/mol. The second-order valence-electron chi connectivity index (χ2n) is 4.11. The highest BCUT2D eigenvalue weighted by Crippen LogP contribution is 2.07. The number of nitrogens with one attached hydrogen (secondary N) is 2. The van der Waals surface area contributed by atoms with Gasteiger partial charge < -0.3 is 20.5 Å². The van der Waals surface area contributed by atoms with Crippen LogP contribution in [-0.4, -0.2) is 49.3 Å². The third-order valence-electron chi connectivity index (χ3n) is 2.74. The van der Waals surface area contributed by atoms with Crippen LogP contribution in [0.4, 0.5) is 0 Å². The van der Waals surface area contributed by atoms with Gasteiger partial charge in [-0.15, -0.1) is 0 Å². The third kappa shape index (κ3) is 5.14. The molecule has 1 heterocycles. The summed E-state index contributed by atoms with van der Waals surface area (Å²) in [7, 11) is 0. The second kappa shape index (κ2) is 7.24. The molecule has 1 aliphatic heterocycles. The van der Waals surface area contributed by atoms with Gasteiger partial charge in [0.1, 0.15) is 0 Å². The molecule has 0 aromatic carbocycles. The predicted molar refractivity (Wildman–Crippen MR) is 61.7 cm³/mol. The van der Waals surface area contributed by atoms with Crippen LogP contribution in [0.5, 0.6) is 0 Å². The van der Waals surface area contributed by atoms with Gasteiger partial charge in [-0.25, -0.2) is 0 Å². The summed E-state index contributed by atoms with van der Waals surface area (Å²) < 4.78 is 5.25. The molecule has 2 atom stereocenters. The topological polar surface area (TPSA) is 87.7 Å². The lowest BCUT2D eigenvalue weighted by molar-refractivity contribution is -0.140. The number of aliphatic carboxylic acids is 1. The van der Waals surface area contributed by atoms with Gasteiger partial charge in [-0.2, -0.15) is 0 Å². The van der Waals surface area contributed by atoms with Crippen LogP contribution >= 0.6 is 0 Å². The van der Waals surface area contributed by atoms with Crippen molar-refractivity contribution < 1.29 is 19.4 Å². The minimum absolute atomic E-state index is 0.00195. The van der Waals surface area contributed by atoms with Gasteiger partial charge in [0, 0.05) is 19.7 Å². The zero-order chi connectivity index (χ0) is 12.7. The maximum atomic E-state index is 11.7. The van der Waals surface area contributed by atoms with Gasteiger partial charge >= 0.3 is 5.97 Å². The van der Waals surface area contributed by atoms with Crippen molar-refractivity contribution >= 4 is 11.9 Å². The average Bonchev–Trinajstić information content (AvgIpc) is 2.78. The molecule has 98 valence electrons. The fourth-order valence-corrected chi connectivity index (χ4v) is 1.86. The van der Waals surface area contributed by atoms with E-state index in [4.69, 9.17) is 9.84 Å². The lowest BCUT2D eigenvalue weighted by atomic mass is 10.1. The molecule has 0 aliphatic carbocycles. The summed E-state index contributed by atoms with van der Waals surface area (Å²) in [6.07, 6.45) is 0.303. The average molecular weight is 244 g/mol. The highest BCUT2D eigenvalue weighted by Gasteiger charge is 2.23. The number of rotatable bonds is 7. The van der Waals surface area contributed by atoms with Crippen LogP contribution < -0.4 is 10.6 Å². The van der Waals surface area contributed by atoms with Crippen LogP contribution in [-0.2, 0) is 14.3 Å². The van der Waals surface area contributed by atoms with E-state index >= 15 is 0 Å². The standard InChI is InChI=1S/C11H20N2O4/c1-2-17-9(5-10(14)15)7-13-11(16)8-3-4-12-6-8/h8-9,12H,2-7H2,1H3,(H,13,16)(H,14,15). The molecule has 3 N–H and O–H groups in total. The minimum Gasteiger partial charge on any atom is -0.481 e. The Balaban J connectivity index is 2.29. The minimum atomic E-state index is -0.916. The third-order valence-corrected chi connectivity index (χ3v) is 2.74. The molecule has 17 heavy (non-hydrogen) atoms. The largest absolute Gasteiger partial charge is 0.481 e. The van der Waals surface area contributed by atoms with Crippen molar-refractivity contribution in [3.63, 3.8) is 0 Å². The second-order valence-corrected chi connectivity index (χ2v) is 4.11. The summed E-state index contributed by atoms with van der Waals surface area (Å²) in [5, 5.41) is 14.5. The van der Waals surface area contributed by atoms with Crippen LogP contribution in [0.1, 0.15) is 19.8 Å². The van der Waals surface area contributed by atoms with Crippen molar-refractivity contribution in [2.75, 3.05) is 26.2 Å². The lowest BCUT2D eigenvalue weighted by Gasteiger charge is -2.17. The number of amides is 1. The first-order valence-electron chi connectivity index (χ1n) is 5.95. The number of carboxylic acids is 1. The predicted octanol–water partition coefficient (Wildman–Crippen LogP) is -0.408. The molecule has 1 saturated heterocycles. The maximum Gasteiger partial charge on any atom is 0.306 e. The summed E-state index contributed by atoms with van der Waals surface area (Å²) >= 11 is 0. The quantitative estimate of drug-likeness (QED) is 0.567. The first-order chi connectivity index (χ1) is 8.13. The van der Waals surface area contributed by atoms with Crippen LogP contribution in [0.25, 0.3) is 0 Å². The summed E-state index contributed by atoms with van der Waals surface area (Å²) in [6.45, 7) is 4.07. The molecule has 0 aromatic rings. The molecule has 6 nitrogen and oxygen atoms in total. The number of ether oxygens (including phenoxy) is 1. The molecule has 2 unspecified atom stereocenters. The fraction of sp³-hybridized carbons (Fsp3) is 0.818. The van der Waals surface area contributed by atoms with E-state index in [1.165, 1.54) is 0 Å². The fourth-order valence-electron chi connectivity index (χ4n) is 1.86. The van der Waals surface area contributed by atoms with Crippen molar-refractivity contribution in [2.24, 2.45) is 5.92 Å². The van der Waals surface area contributed by atoms with E-state index in [0.717, 1.165) is 13.0 Å². The molecular formula is C11H20N2O4. The SMILES string of the molecule is CCOC(CNC(=O)C1CCNC1)CC(=O)O. The summed E-state index contributed by atoms with van der Waals surface area (Å²) in [6, 6.07) is 0. The zero-order valence-corrected chi connectivity index (χ0v) is 10.1. The van der Waals surface area contributed by atoms with Crippen molar-refractivity contribution in [1.82, 2.24) is 10.6 Å². The molecule has 0 aromatic heterocycles. The molecule has 1 amide bonds. The Morgan fingerprint density at radius 1 is 1.59 bits per heavy atom. The molecule has 0 bridgehead atoms. The number of carboxylic acid groups (broad SMARTS) is 1. The monoisotopic (exact) mass is 244 g/mol. The van der Waals surface area contributed by atoms with Gasteiger partial charge in [0.15, 0.2) is 0 Å². The van der Waals surface area contributed by atoms with E-state index < -0.39 is 12.1 Å². The Hall–Kier alpha value is -1.14. The lowest BCUT2D eigenvalue weighted by Crippen LogP contribution is -2.38. The van der Waals surface area contributed by atoms with Gasteiger partial charge in [0.25, 0.3) is 0 Å². The first kappa shape index (κ1) is 13.9. The van der Waals surface area contributed by atoms with E-state index in [-0.39, 0.29) is 24.8 Å². The van der Waals surface area contributed by atoms with Crippen LogP contribution in [0.15, 0.2) is 0 Å². The van der Waals surface area contributed by atoms with Crippen LogP contribution in [0.3, 0.4) is 0 Å². The molecule has 0 saturated carbocycles. The van der Waals surface area contributed by atoms with E-state index in [2.05, 4.69) is 10.6 Å². The van der Waals surface area contributed by atoms with E-state index in [1.807, 2.05) is 0 Å². The van der Waals surface area contributed by atoms with E-state index in [0.29, 0.717) is 13.2 Å². The van der Waals surface area contributed by atoms with Gasteiger partial charge in [0.2, 0.25) is 5.91 Å². The normalized spacial score (nSPS) is 21.1. The highest BCUT2D eigenvalue weighted by atomic mass is 16.5. The summed E-state index contributed by atoms with van der Waals surface area (Å²) in [5.74, 6) is -0.938. The van der Waals surface area contributed by atoms with Gasteiger partial charge in [-0.1, -0.05) is 0 Å². The van der Waals surface area contributed by atoms with Gasteiger partial charge in [0.05, 0.1) is 18.4 Å². The Bertz CT molecular complexity index is 264. The Labute approximate surface area is 101 Å². The number of carbonyl (C=O) groups excluding carboxylic acids is 1. The van der Waals surface area contributed by atoms with Crippen molar-refractivity contribution in [2.45, 2.75) is 25.9 Å². The summed E-state index contributed by atoms with van der Waals surface area (Å²) in [4.78, 5) is 22.3. The maximum absolute atomic E-state index is 11.7. The molecule has 1 fully saturated rings. The molecule has 1 rings (SSSR count). The van der Waals surface area contributed by atoms with E-state index in [9.17, 15) is 9.59 Å². The van der Waals surface area contributed by atoms with Gasteiger partial charge in [-0.05, 0) is 19.9 Å². The van der Waals surface area contributed by atoms with Crippen LogP contribution in [0, 0.1) is 5.92 Å². The molecule has 1 aliphatic rings. The van der Waals surface area contributed by atoms with Crippen molar-refractivity contribution in [3.05, 3.63) is 0 Å².